The first-order valence-corrected chi connectivity index (χ1v) is 7.96. The van der Waals surface area contributed by atoms with Crippen molar-refractivity contribution in [1.82, 2.24) is 4.57 Å². The Balaban J connectivity index is 1.77. The summed E-state index contributed by atoms with van der Waals surface area (Å²) in [4.78, 5) is 23.8. The minimum absolute atomic E-state index is 0.293. The Labute approximate surface area is 143 Å². The molecule has 1 aromatic heterocycles. The molecule has 1 heterocycles. The first kappa shape index (κ1) is 16.3. The van der Waals surface area contributed by atoms with Crippen LogP contribution in [0.2, 0.25) is 5.02 Å². The third kappa shape index (κ3) is 3.36. The molecule has 0 radical (unpaired) electrons. The summed E-state index contributed by atoms with van der Waals surface area (Å²) in [6.45, 7) is 2.78. The number of para-hydroxylation sites is 1. The lowest BCUT2D eigenvalue weighted by atomic mass is 10.2. The number of aromatic nitrogens is 1. The zero-order chi connectivity index (χ0) is 17.1. The van der Waals surface area contributed by atoms with Crippen LogP contribution in [0.4, 0.5) is 0 Å². The van der Waals surface area contributed by atoms with E-state index in [9.17, 15) is 9.59 Å². The predicted molar refractivity (Wildman–Crippen MR) is 93.0 cm³/mol. The largest absolute Gasteiger partial charge is 0.494 e. The van der Waals surface area contributed by atoms with Crippen LogP contribution >= 0.6 is 11.6 Å². The lowest BCUT2D eigenvalue weighted by Gasteiger charge is -2.10. The number of aryl methyl sites for hydroxylation is 2. The summed E-state index contributed by atoms with van der Waals surface area (Å²) in [6.07, 6.45) is 0.571. The van der Waals surface area contributed by atoms with Crippen LogP contribution in [0.3, 0.4) is 0 Å². The fourth-order valence-electron chi connectivity index (χ4n) is 2.49. The van der Waals surface area contributed by atoms with Crippen LogP contribution in [0.5, 0.6) is 5.75 Å². The number of hydrogen-bond acceptors (Lipinski definition) is 4. The van der Waals surface area contributed by atoms with E-state index >= 15 is 0 Å². The fourth-order valence-corrected chi connectivity index (χ4v) is 2.76. The Morgan fingerprint density at radius 3 is 2.62 bits per heavy atom. The van der Waals surface area contributed by atoms with Gasteiger partial charge < -0.3 is 9.15 Å². The highest BCUT2D eigenvalue weighted by Crippen LogP contribution is 2.20. The molecule has 124 valence electrons. The normalized spacial score (nSPS) is 10.9. The van der Waals surface area contributed by atoms with E-state index in [1.807, 2.05) is 31.2 Å². The number of benzene rings is 2. The Morgan fingerprint density at radius 2 is 1.88 bits per heavy atom. The zero-order valence-corrected chi connectivity index (χ0v) is 13.9. The van der Waals surface area contributed by atoms with Crippen molar-refractivity contribution in [2.24, 2.45) is 0 Å². The Hall–Kier alpha value is -2.53. The van der Waals surface area contributed by atoms with Crippen molar-refractivity contribution in [3.8, 4) is 5.75 Å². The molecular formula is C18H16ClNO4. The molecule has 0 aliphatic heterocycles. The summed E-state index contributed by atoms with van der Waals surface area (Å²) in [5, 5.41) is 0.638. The topological polar surface area (TPSA) is 61.4 Å². The van der Waals surface area contributed by atoms with Crippen molar-refractivity contribution in [1.29, 1.82) is 0 Å². The van der Waals surface area contributed by atoms with Crippen LogP contribution in [-0.2, 0) is 6.54 Å². The SMILES string of the molecule is Cc1ccc(OCCCn2c(=O)oc(=O)c3cccc(Cl)c32)cc1. The van der Waals surface area contributed by atoms with Gasteiger partial charge in [-0.15, -0.1) is 0 Å². The molecule has 0 aliphatic carbocycles. The van der Waals surface area contributed by atoms with E-state index in [0.717, 1.165) is 11.3 Å². The molecule has 0 saturated carbocycles. The highest BCUT2D eigenvalue weighted by atomic mass is 35.5. The maximum atomic E-state index is 12.0. The van der Waals surface area contributed by atoms with E-state index in [1.54, 1.807) is 18.2 Å². The standard InChI is InChI=1S/C18H16ClNO4/c1-12-6-8-13(9-7-12)23-11-3-10-20-16-14(4-2-5-15(16)19)17(21)24-18(20)22/h2,4-9H,3,10-11H2,1H3. The molecule has 0 bridgehead atoms. The minimum atomic E-state index is -0.712. The van der Waals surface area contributed by atoms with Gasteiger partial charge in [-0.3, -0.25) is 4.57 Å². The van der Waals surface area contributed by atoms with Gasteiger partial charge >= 0.3 is 11.4 Å². The molecule has 5 nitrogen and oxygen atoms in total. The first-order chi connectivity index (χ1) is 11.6. The average Bonchev–Trinajstić information content (AvgIpc) is 2.56. The van der Waals surface area contributed by atoms with E-state index in [0.29, 0.717) is 35.5 Å². The van der Waals surface area contributed by atoms with E-state index in [4.69, 9.17) is 20.8 Å². The van der Waals surface area contributed by atoms with E-state index in [-0.39, 0.29) is 0 Å². The van der Waals surface area contributed by atoms with E-state index in [2.05, 4.69) is 0 Å². The van der Waals surface area contributed by atoms with Crippen molar-refractivity contribution in [2.75, 3.05) is 6.61 Å². The third-order valence-corrected chi connectivity index (χ3v) is 4.00. The number of rotatable bonds is 5. The first-order valence-electron chi connectivity index (χ1n) is 7.58. The number of nitrogens with zero attached hydrogens (tertiary/aromatic N) is 1. The molecule has 0 fully saturated rings. The smallest absolute Gasteiger partial charge is 0.422 e. The molecule has 0 unspecified atom stereocenters. The van der Waals surface area contributed by atoms with Gasteiger partial charge in [0.1, 0.15) is 5.75 Å². The number of fused-ring (bicyclic) bond motifs is 1. The summed E-state index contributed by atoms with van der Waals surface area (Å²) in [5.74, 6) is 0.0615. The van der Waals surface area contributed by atoms with Crippen molar-refractivity contribution in [2.45, 2.75) is 19.9 Å². The highest BCUT2D eigenvalue weighted by molar-refractivity contribution is 6.35. The van der Waals surface area contributed by atoms with Crippen LogP contribution in [0.1, 0.15) is 12.0 Å². The maximum absolute atomic E-state index is 12.0. The van der Waals surface area contributed by atoms with Crippen molar-refractivity contribution in [3.63, 3.8) is 0 Å². The van der Waals surface area contributed by atoms with Gasteiger partial charge in [0, 0.05) is 6.54 Å². The average molecular weight is 346 g/mol. The summed E-state index contributed by atoms with van der Waals surface area (Å²) < 4.78 is 11.8. The minimum Gasteiger partial charge on any atom is -0.494 e. The molecule has 3 aromatic rings. The van der Waals surface area contributed by atoms with Crippen LogP contribution < -0.4 is 16.1 Å². The predicted octanol–water partition coefficient (Wildman–Crippen LogP) is 3.39. The quantitative estimate of drug-likeness (QED) is 0.665. The molecule has 2 aromatic carbocycles. The summed E-state index contributed by atoms with van der Waals surface area (Å²) in [6, 6.07) is 12.6. The van der Waals surface area contributed by atoms with Crippen LogP contribution in [0.25, 0.3) is 10.9 Å². The number of ether oxygens (including phenoxy) is 1. The van der Waals surface area contributed by atoms with Gasteiger partial charge in [0.2, 0.25) is 0 Å². The van der Waals surface area contributed by atoms with Crippen LogP contribution in [-0.4, -0.2) is 11.2 Å². The van der Waals surface area contributed by atoms with Crippen LogP contribution in [0, 0.1) is 6.92 Å². The van der Waals surface area contributed by atoms with Gasteiger partial charge in [0.25, 0.3) is 0 Å². The molecule has 0 N–H and O–H groups in total. The lowest BCUT2D eigenvalue weighted by Crippen LogP contribution is -2.26. The second kappa shape index (κ2) is 6.93. The molecule has 0 amide bonds. The monoisotopic (exact) mass is 345 g/mol. The third-order valence-electron chi connectivity index (χ3n) is 3.69. The Morgan fingerprint density at radius 1 is 1.12 bits per heavy atom. The van der Waals surface area contributed by atoms with Gasteiger partial charge in [-0.2, -0.15) is 0 Å². The second-order valence-corrected chi connectivity index (χ2v) is 5.87. The highest BCUT2D eigenvalue weighted by Gasteiger charge is 2.12. The zero-order valence-electron chi connectivity index (χ0n) is 13.1. The number of hydrogen-bond donors (Lipinski definition) is 0. The Bertz CT molecular complexity index is 973. The summed E-state index contributed by atoms with van der Waals surface area (Å²) in [5.41, 5.74) is 0.884. The molecule has 0 saturated heterocycles. The lowest BCUT2D eigenvalue weighted by molar-refractivity contribution is 0.296. The van der Waals surface area contributed by atoms with Gasteiger partial charge in [0.15, 0.2) is 0 Å². The number of halogens is 1. The molecule has 0 aliphatic rings. The summed E-state index contributed by atoms with van der Waals surface area (Å²) in [7, 11) is 0. The second-order valence-electron chi connectivity index (χ2n) is 5.46. The summed E-state index contributed by atoms with van der Waals surface area (Å²) >= 11 is 6.16. The molecular weight excluding hydrogens is 330 g/mol. The molecule has 0 spiro atoms. The van der Waals surface area contributed by atoms with E-state index in [1.165, 1.54) is 4.57 Å². The Kier molecular flexibility index (Phi) is 4.71. The molecule has 24 heavy (non-hydrogen) atoms. The molecule has 3 rings (SSSR count). The molecule has 0 atom stereocenters. The van der Waals surface area contributed by atoms with Gasteiger partial charge in [0.05, 0.1) is 22.5 Å². The van der Waals surface area contributed by atoms with Crippen molar-refractivity contribution < 1.29 is 9.15 Å². The van der Waals surface area contributed by atoms with Crippen LogP contribution in [0.15, 0.2) is 56.5 Å². The maximum Gasteiger partial charge on any atom is 0.422 e. The van der Waals surface area contributed by atoms with Gasteiger partial charge in [-0.05, 0) is 37.6 Å². The van der Waals surface area contributed by atoms with E-state index < -0.39 is 11.4 Å². The van der Waals surface area contributed by atoms with Gasteiger partial charge in [-0.25, -0.2) is 9.59 Å². The van der Waals surface area contributed by atoms with Crippen molar-refractivity contribution in [3.05, 3.63) is 74.0 Å². The fraction of sp³-hybridized carbons (Fsp3) is 0.222. The molecule has 6 heteroatoms. The van der Waals surface area contributed by atoms with Crippen molar-refractivity contribution >= 4 is 22.5 Å². The van der Waals surface area contributed by atoms with Gasteiger partial charge in [-0.1, -0.05) is 35.4 Å².